The van der Waals surface area contributed by atoms with Gasteiger partial charge < -0.3 is 19.5 Å². The summed E-state index contributed by atoms with van der Waals surface area (Å²) >= 11 is 0. The Hall–Kier alpha value is -3.54. The molecule has 0 aromatic heterocycles. The Bertz CT molecular complexity index is 974. The van der Waals surface area contributed by atoms with Gasteiger partial charge in [-0.05, 0) is 48.5 Å². The van der Waals surface area contributed by atoms with Gasteiger partial charge in [0.25, 0.3) is 5.91 Å². The average molecular weight is 381 g/mol. The van der Waals surface area contributed by atoms with E-state index in [1.54, 1.807) is 44.6 Å². The van der Waals surface area contributed by atoms with Gasteiger partial charge in [-0.2, -0.15) is 0 Å². The number of halogens is 1. The fourth-order valence-corrected chi connectivity index (χ4v) is 2.65. The van der Waals surface area contributed by atoms with Crippen molar-refractivity contribution in [3.8, 4) is 17.2 Å². The Morgan fingerprint density at radius 3 is 2.46 bits per heavy atom. The highest BCUT2D eigenvalue weighted by Gasteiger charge is 2.12. The quantitative estimate of drug-likeness (QED) is 0.646. The second-order valence-electron chi connectivity index (χ2n) is 5.96. The number of hydrogen-bond acceptors (Lipinski definition) is 4. The van der Waals surface area contributed by atoms with E-state index in [1.807, 2.05) is 18.2 Å². The van der Waals surface area contributed by atoms with Crippen molar-refractivity contribution in [3.05, 3.63) is 83.7 Å². The molecule has 0 saturated heterocycles. The molecule has 28 heavy (non-hydrogen) atoms. The maximum absolute atomic E-state index is 13.3. The molecule has 6 heteroatoms. The number of amides is 1. The predicted molar refractivity (Wildman–Crippen MR) is 105 cm³/mol. The Morgan fingerprint density at radius 1 is 0.929 bits per heavy atom. The Morgan fingerprint density at radius 2 is 1.71 bits per heavy atom. The second kappa shape index (κ2) is 8.90. The second-order valence-corrected chi connectivity index (χ2v) is 5.96. The van der Waals surface area contributed by atoms with Crippen LogP contribution in [-0.4, -0.2) is 20.1 Å². The van der Waals surface area contributed by atoms with Crippen LogP contribution in [0.5, 0.6) is 17.2 Å². The van der Waals surface area contributed by atoms with Gasteiger partial charge in [0.2, 0.25) is 0 Å². The normalized spacial score (nSPS) is 10.2. The summed E-state index contributed by atoms with van der Waals surface area (Å²) in [5, 5.41) is 2.68. The molecule has 0 aliphatic heterocycles. The SMILES string of the molecule is COc1cccc(OCc2cc(C(=O)Nc3cccc(F)c3)ccc2OC)c1. The summed E-state index contributed by atoms with van der Waals surface area (Å²) in [7, 11) is 3.14. The first-order valence-electron chi connectivity index (χ1n) is 8.59. The third kappa shape index (κ3) is 4.79. The highest BCUT2D eigenvalue weighted by molar-refractivity contribution is 6.04. The summed E-state index contributed by atoms with van der Waals surface area (Å²) in [6.07, 6.45) is 0. The topological polar surface area (TPSA) is 56.8 Å². The molecular weight excluding hydrogens is 361 g/mol. The summed E-state index contributed by atoms with van der Waals surface area (Å²) in [6.45, 7) is 0.206. The van der Waals surface area contributed by atoms with Crippen molar-refractivity contribution in [1.29, 1.82) is 0 Å². The van der Waals surface area contributed by atoms with Gasteiger partial charge in [0.1, 0.15) is 29.7 Å². The minimum atomic E-state index is -0.417. The zero-order valence-electron chi connectivity index (χ0n) is 15.6. The van der Waals surface area contributed by atoms with Crippen molar-refractivity contribution in [2.75, 3.05) is 19.5 Å². The summed E-state index contributed by atoms with van der Waals surface area (Å²) in [5.41, 5.74) is 1.50. The van der Waals surface area contributed by atoms with E-state index in [0.29, 0.717) is 34.1 Å². The number of benzene rings is 3. The summed E-state index contributed by atoms with van der Waals surface area (Å²) < 4.78 is 29.7. The molecule has 0 unspecified atom stereocenters. The van der Waals surface area contributed by atoms with Crippen molar-refractivity contribution in [1.82, 2.24) is 0 Å². The third-order valence-electron chi connectivity index (χ3n) is 4.06. The molecule has 0 heterocycles. The molecule has 0 bridgehead atoms. The summed E-state index contributed by atoms with van der Waals surface area (Å²) in [5.74, 6) is 1.16. The number of carbonyl (C=O) groups is 1. The first-order chi connectivity index (χ1) is 13.6. The molecule has 0 atom stereocenters. The Labute approximate surface area is 162 Å². The van der Waals surface area contributed by atoms with Gasteiger partial charge in [-0.1, -0.05) is 12.1 Å². The predicted octanol–water partition coefficient (Wildman–Crippen LogP) is 4.67. The van der Waals surface area contributed by atoms with Crippen LogP contribution < -0.4 is 19.5 Å². The maximum Gasteiger partial charge on any atom is 0.255 e. The van der Waals surface area contributed by atoms with Gasteiger partial charge in [-0.25, -0.2) is 4.39 Å². The fourth-order valence-electron chi connectivity index (χ4n) is 2.65. The molecule has 3 aromatic carbocycles. The number of ether oxygens (including phenoxy) is 3. The van der Waals surface area contributed by atoms with Crippen molar-refractivity contribution in [2.24, 2.45) is 0 Å². The lowest BCUT2D eigenvalue weighted by Crippen LogP contribution is -2.13. The molecule has 0 aliphatic rings. The van der Waals surface area contributed by atoms with Crippen LogP contribution >= 0.6 is 0 Å². The van der Waals surface area contributed by atoms with Crippen molar-refractivity contribution < 1.29 is 23.4 Å². The Kier molecular flexibility index (Phi) is 6.11. The van der Waals surface area contributed by atoms with Crippen LogP contribution in [0.25, 0.3) is 0 Å². The van der Waals surface area contributed by atoms with E-state index in [1.165, 1.54) is 18.2 Å². The molecule has 0 fully saturated rings. The van der Waals surface area contributed by atoms with Gasteiger partial charge in [0.05, 0.1) is 14.2 Å². The average Bonchev–Trinajstić information content (AvgIpc) is 2.72. The van der Waals surface area contributed by atoms with E-state index >= 15 is 0 Å². The van der Waals surface area contributed by atoms with Gasteiger partial charge in [0, 0.05) is 22.9 Å². The number of carbonyl (C=O) groups excluding carboxylic acids is 1. The molecule has 0 aliphatic carbocycles. The fraction of sp³-hybridized carbons (Fsp3) is 0.136. The van der Waals surface area contributed by atoms with E-state index in [0.717, 1.165) is 0 Å². The first kappa shape index (κ1) is 19.2. The first-order valence-corrected chi connectivity index (χ1v) is 8.59. The highest BCUT2D eigenvalue weighted by Crippen LogP contribution is 2.25. The summed E-state index contributed by atoms with van der Waals surface area (Å²) in [4.78, 5) is 12.5. The van der Waals surface area contributed by atoms with Crippen molar-refractivity contribution >= 4 is 11.6 Å². The largest absolute Gasteiger partial charge is 0.497 e. The molecule has 3 rings (SSSR count). The number of anilines is 1. The van der Waals surface area contributed by atoms with Gasteiger partial charge >= 0.3 is 0 Å². The van der Waals surface area contributed by atoms with Crippen LogP contribution in [0.1, 0.15) is 15.9 Å². The van der Waals surface area contributed by atoms with Gasteiger partial charge in [0.15, 0.2) is 0 Å². The highest BCUT2D eigenvalue weighted by atomic mass is 19.1. The molecule has 3 aromatic rings. The zero-order valence-corrected chi connectivity index (χ0v) is 15.6. The Balaban J connectivity index is 1.76. The van der Waals surface area contributed by atoms with Crippen LogP contribution in [-0.2, 0) is 6.61 Å². The molecule has 0 saturated carbocycles. The monoisotopic (exact) mass is 381 g/mol. The lowest BCUT2D eigenvalue weighted by Gasteiger charge is -2.13. The number of rotatable bonds is 7. The maximum atomic E-state index is 13.3. The van der Waals surface area contributed by atoms with E-state index in [2.05, 4.69) is 5.32 Å². The molecule has 0 radical (unpaired) electrons. The van der Waals surface area contributed by atoms with Crippen LogP contribution in [0.15, 0.2) is 66.7 Å². The van der Waals surface area contributed by atoms with Crippen molar-refractivity contribution in [2.45, 2.75) is 6.61 Å². The summed E-state index contributed by atoms with van der Waals surface area (Å²) in [6, 6.07) is 18.0. The van der Waals surface area contributed by atoms with E-state index in [-0.39, 0.29) is 12.5 Å². The number of hydrogen-bond donors (Lipinski definition) is 1. The van der Waals surface area contributed by atoms with E-state index in [9.17, 15) is 9.18 Å². The molecular formula is C22H20FNO4. The van der Waals surface area contributed by atoms with E-state index in [4.69, 9.17) is 14.2 Å². The zero-order chi connectivity index (χ0) is 19.9. The lowest BCUT2D eigenvalue weighted by molar-refractivity contribution is 0.102. The molecule has 1 amide bonds. The number of methoxy groups -OCH3 is 2. The molecule has 1 N–H and O–H groups in total. The van der Waals surface area contributed by atoms with Gasteiger partial charge in [-0.15, -0.1) is 0 Å². The van der Waals surface area contributed by atoms with Crippen LogP contribution in [0, 0.1) is 5.82 Å². The molecule has 144 valence electrons. The van der Waals surface area contributed by atoms with Crippen LogP contribution in [0.4, 0.5) is 10.1 Å². The van der Waals surface area contributed by atoms with Crippen molar-refractivity contribution in [3.63, 3.8) is 0 Å². The standard InChI is InChI=1S/C22H20FNO4/c1-26-19-7-4-8-20(13-19)28-14-16-11-15(9-10-21(16)27-2)22(25)24-18-6-3-5-17(23)12-18/h3-13H,14H2,1-2H3,(H,24,25). The van der Waals surface area contributed by atoms with Crippen LogP contribution in [0.3, 0.4) is 0 Å². The number of nitrogens with one attached hydrogen (secondary N) is 1. The smallest absolute Gasteiger partial charge is 0.255 e. The molecule has 0 spiro atoms. The minimum Gasteiger partial charge on any atom is -0.497 e. The minimum absolute atomic E-state index is 0.206. The van der Waals surface area contributed by atoms with E-state index < -0.39 is 5.82 Å². The van der Waals surface area contributed by atoms with Gasteiger partial charge in [-0.3, -0.25) is 4.79 Å². The van der Waals surface area contributed by atoms with Crippen LogP contribution in [0.2, 0.25) is 0 Å². The third-order valence-corrected chi connectivity index (χ3v) is 4.06. The lowest BCUT2D eigenvalue weighted by atomic mass is 10.1. The molecule has 5 nitrogen and oxygen atoms in total.